The molecule has 3 fully saturated rings. The normalized spacial score (nSPS) is 24.7. The van der Waals surface area contributed by atoms with E-state index in [1.54, 1.807) is 0 Å². The molecule has 3 aliphatic rings. The number of sulfone groups is 1. The first kappa shape index (κ1) is 24.8. The van der Waals surface area contributed by atoms with Crippen molar-refractivity contribution in [3.63, 3.8) is 0 Å². The van der Waals surface area contributed by atoms with Gasteiger partial charge in [0.25, 0.3) is 0 Å². The van der Waals surface area contributed by atoms with Crippen molar-refractivity contribution in [3.8, 4) is 0 Å². The van der Waals surface area contributed by atoms with E-state index in [4.69, 9.17) is 18.7 Å². The molecule has 0 N–H and O–H groups in total. The summed E-state index contributed by atoms with van der Waals surface area (Å²) in [4.78, 5) is 13.1. The highest BCUT2D eigenvalue weighted by Crippen LogP contribution is 2.42. The van der Waals surface area contributed by atoms with Gasteiger partial charge in [-0.1, -0.05) is 18.0 Å². The van der Waals surface area contributed by atoms with Gasteiger partial charge in [-0.05, 0) is 58.8 Å². The van der Waals surface area contributed by atoms with Crippen molar-refractivity contribution < 1.29 is 31.9 Å². The summed E-state index contributed by atoms with van der Waals surface area (Å²) >= 11 is 0. The average molecular weight is 484 g/mol. The molecule has 1 unspecified atom stereocenters. The maximum Gasteiger partial charge on any atom is 0.165 e. The summed E-state index contributed by atoms with van der Waals surface area (Å²) in [5.74, 6) is 0.0365. The van der Waals surface area contributed by atoms with Gasteiger partial charge in [-0.25, -0.2) is 8.42 Å². The second kappa shape index (κ2) is 10.1. The standard InChI is InChI=1S/C24H37NO7S/c1-23(2,33(27,28)19-8-13-29-14-9-19)21(26)16-18-15-20(25-32-18)24(10-4-5-11-24)17-31-22-7-3-6-12-30-22/h15,19,22H,3-14,16-17H2,1-2H3. The first-order valence-corrected chi connectivity index (χ1v) is 13.8. The van der Waals surface area contributed by atoms with Crippen LogP contribution in [0.4, 0.5) is 0 Å². The van der Waals surface area contributed by atoms with Gasteiger partial charge in [0.15, 0.2) is 21.9 Å². The third kappa shape index (κ3) is 5.21. The second-order valence-electron chi connectivity index (χ2n) is 10.2. The van der Waals surface area contributed by atoms with Gasteiger partial charge in [-0.2, -0.15) is 0 Å². The van der Waals surface area contributed by atoms with Gasteiger partial charge in [0.2, 0.25) is 0 Å². The van der Waals surface area contributed by atoms with E-state index in [0.29, 0.717) is 38.4 Å². The predicted molar refractivity (Wildman–Crippen MR) is 122 cm³/mol. The minimum atomic E-state index is -3.65. The van der Waals surface area contributed by atoms with E-state index in [9.17, 15) is 13.2 Å². The van der Waals surface area contributed by atoms with E-state index in [1.165, 1.54) is 13.8 Å². The number of carbonyl (C=O) groups is 1. The zero-order valence-corrected chi connectivity index (χ0v) is 20.7. The van der Waals surface area contributed by atoms with Crippen molar-refractivity contribution in [2.24, 2.45) is 0 Å². The largest absolute Gasteiger partial charge is 0.381 e. The molecule has 0 amide bonds. The Morgan fingerprint density at radius 3 is 2.52 bits per heavy atom. The summed E-state index contributed by atoms with van der Waals surface area (Å²) in [5.41, 5.74) is 0.554. The monoisotopic (exact) mass is 483 g/mol. The Morgan fingerprint density at radius 2 is 1.85 bits per heavy atom. The third-order valence-corrected chi connectivity index (χ3v) is 10.7. The summed E-state index contributed by atoms with van der Waals surface area (Å²) in [6.45, 7) is 5.09. The van der Waals surface area contributed by atoms with E-state index >= 15 is 0 Å². The van der Waals surface area contributed by atoms with Crippen molar-refractivity contribution in [1.82, 2.24) is 5.16 Å². The quantitative estimate of drug-likeness (QED) is 0.525. The van der Waals surface area contributed by atoms with Crippen LogP contribution in [0.15, 0.2) is 10.6 Å². The van der Waals surface area contributed by atoms with Crippen LogP contribution in [0.1, 0.15) is 83.1 Å². The zero-order valence-electron chi connectivity index (χ0n) is 19.8. The molecule has 1 saturated carbocycles. The number of rotatable bonds is 9. The fourth-order valence-corrected chi connectivity index (χ4v) is 7.24. The molecule has 0 radical (unpaired) electrons. The molecule has 1 aromatic heterocycles. The van der Waals surface area contributed by atoms with Crippen LogP contribution in [-0.2, 0) is 40.7 Å². The number of carbonyl (C=O) groups excluding carboxylic acids is 1. The molecule has 2 aliphatic heterocycles. The van der Waals surface area contributed by atoms with Gasteiger partial charge in [0.1, 0.15) is 10.5 Å². The topological polar surface area (TPSA) is 105 Å². The van der Waals surface area contributed by atoms with Gasteiger partial charge < -0.3 is 18.7 Å². The molecule has 4 rings (SSSR count). The number of Topliss-reactive ketones (excluding diaryl/α,β-unsaturated/α-hetero) is 1. The maximum absolute atomic E-state index is 13.2. The third-order valence-electron chi connectivity index (χ3n) is 7.67. The fraction of sp³-hybridized carbons (Fsp3) is 0.833. The van der Waals surface area contributed by atoms with E-state index in [1.807, 2.05) is 6.07 Å². The van der Waals surface area contributed by atoms with Crippen LogP contribution < -0.4 is 0 Å². The first-order chi connectivity index (χ1) is 15.7. The molecule has 0 bridgehead atoms. The molecular weight excluding hydrogens is 446 g/mol. The maximum atomic E-state index is 13.2. The smallest absolute Gasteiger partial charge is 0.165 e. The highest BCUT2D eigenvalue weighted by molar-refractivity contribution is 7.94. The van der Waals surface area contributed by atoms with Gasteiger partial charge in [-0.15, -0.1) is 0 Å². The molecule has 9 heteroatoms. The van der Waals surface area contributed by atoms with Gasteiger partial charge in [-0.3, -0.25) is 4.79 Å². The van der Waals surface area contributed by atoms with Crippen molar-refractivity contribution in [2.75, 3.05) is 26.4 Å². The first-order valence-electron chi connectivity index (χ1n) is 12.3. The second-order valence-corrected chi connectivity index (χ2v) is 13.0. The van der Waals surface area contributed by atoms with Crippen LogP contribution in [0.5, 0.6) is 0 Å². The van der Waals surface area contributed by atoms with E-state index < -0.39 is 19.8 Å². The molecule has 8 nitrogen and oxygen atoms in total. The molecule has 33 heavy (non-hydrogen) atoms. The van der Waals surface area contributed by atoms with Crippen molar-refractivity contribution in [2.45, 2.75) is 99.8 Å². The molecule has 1 atom stereocenters. The molecule has 0 spiro atoms. The van der Waals surface area contributed by atoms with Crippen molar-refractivity contribution in [1.29, 1.82) is 0 Å². The van der Waals surface area contributed by atoms with Gasteiger partial charge in [0.05, 0.1) is 24.0 Å². The number of nitrogens with zero attached hydrogens (tertiary/aromatic N) is 1. The van der Waals surface area contributed by atoms with Crippen molar-refractivity contribution >= 4 is 15.6 Å². The zero-order chi connectivity index (χ0) is 23.5. The Labute approximate surface area is 196 Å². The molecular formula is C24H37NO7S. The van der Waals surface area contributed by atoms with Crippen molar-refractivity contribution in [3.05, 3.63) is 17.5 Å². The Bertz CT molecular complexity index is 905. The lowest BCUT2D eigenvalue weighted by Crippen LogP contribution is -2.48. The molecule has 2 saturated heterocycles. The molecule has 186 valence electrons. The van der Waals surface area contributed by atoms with Crippen LogP contribution in [0, 0.1) is 0 Å². The van der Waals surface area contributed by atoms with Gasteiger partial charge in [0, 0.05) is 31.3 Å². The lowest BCUT2D eigenvalue weighted by atomic mass is 9.83. The van der Waals surface area contributed by atoms with Crippen LogP contribution in [0.25, 0.3) is 0 Å². The lowest BCUT2D eigenvalue weighted by molar-refractivity contribution is -0.172. The SMILES string of the molecule is CC(C)(C(=O)Cc1cc(C2(COC3CCCCO3)CCCC2)no1)S(=O)(=O)C1CCOCC1. The summed E-state index contributed by atoms with van der Waals surface area (Å²) in [5, 5.41) is 3.76. The van der Waals surface area contributed by atoms with Crippen LogP contribution in [0.2, 0.25) is 0 Å². The van der Waals surface area contributed by atoms with Crippen LogP contribution in [-0.4, -0.2) is 62.1 Å². The van der Waals surface area contributed by atoms with Crippen LogP contribution >= 0.6 is 0 Å². The Kier molecular flexibility index (Phi) is 7.63. The predicted octanol–water partition coefficient (Wildman–Crippen LogP) is 3.51. The minimum absolute atomic E-state index is 0.0921. The molecule has 0 aromatic carbocycles. The summed E-state index contributed by atoms with van der Waals surface area (Å²) < 4.78 is 47.6. The number of aromatic nitrogens is 1. The fourth-order valence-electron chi connectivity index (χ4n) is 5.20. The lowest BCUT2D eigenvalue weighted by Gasteiger charge is -2.31. The van der Waals surface area contributed by atoms with Gasteiger partial charge >= 0.3 is 0 Å². The number of hydrogen-bond acceptors (Lipinski definition) is 8. The minimum Gasteiger partial charge on any atom is -0.381 e. The molecule has 3 heterocycles. The van der Waals surface area contributed by atoms with E-state index in [0.717, 1.165) is 57.2 Å². The molecule has 1 aromatic rings. The van der Waals surface area contributed by atoms with E-state index in [-0.39, 0.29) is 23.9 Å². The Hall–Kier alpha value is -1.29. The molecule has 1 aliphatic carbocycles. The summed E-state index contributed by atoms with van der Waals surface area (Å²) in [7, 11) is -3.65. The number of ketones is 1. The van der Waals surface area contributed by atoms with E-state index in [2.05, 4.69) is 5.16 Å². The Balaban J connectivity index is 1.43. The number of hydrogen-bond donors (Lipinski definition) is 0. The number of ether oxygens (including phenoxy) is 3. The van der Waals surface area contributed by atoms with Crippen LogP contribution in [0.3, 0.4) is 0 Å². The summed E-state index contributed by atoms with van der Waals surface area (Å²) in [6.07, 6.45) is 7.77. The Morgan fingerprint density at radius 1 is 1.12 bits per heavy atom. The highest BCUT2D eigenvalue weighted by Gasteiger charge is 2.47. The summed E-state index contributed by atoms with van der Waals surface area (Å²) in [6, 6.07) is 1.82. The average Bonchev–Trinajstić information content (AvgIpc) is 3.49. The highest BCUT2D eigenvalue weighted by atomic mass is 32.2.